The zero-order valence-electron chi connectivity index (χ0n) is 17.5. The number of carbonyl (C=O) groups excluding carboxylic acids is 1. The Kier molecular flexibility index (Phi) is 6.97. The molecule has 4 rings (SSSR count). The minimum atomic E-state index is -4.64. The minimum Gasteiger partial charge on any atom is -0.295 e. The van der Waals surface area contributed by atoms with Crippen molar-refractivity contribution >= 4 is 55.3 Å². The molecule has 3 heterocycles. The van der Waals surface area contributed by atoms with E-state index in [0.29, 0.717) is 22.9 Å². The molecule has 1 N–H and O–H groups in total. The minimum absolute atomic E-state index is 0.0435. The molecule has 15 heteroatoms. The number of aryl methyl sites for hydroxylation is 1. The molecule has 3 aromatic rings. The number of hydrogen-bond donors (Lipinski definition) is 1. The van der Waals surface area contributed by atoms with Gasteiger partial charge in [-0.2, -0.15) is 17.5 Å². The highest BCUT2D eigenvalue weighted by atomic mass is 35.5. The highest BCUT2D eigenvalue weighted by Crippen LogP contribution is 2.35. The molecule has 0 saturated carbocycles. The summed E-state index contributed by atoms with van der Waals surface area (Å²) in [5, 5.41) is 9.74. The molecule has 0 atom stereocenters. The summed E-state index contributed by atoms with van der Waals surface area (Å²) < 4.78 is 65.2. The van der Waals surface area contributed by atoms with Crippen LogP contribution in [0.15, 0.2) is 28.5 Å². The van der Waals surface area contributed by atoms with E-state index in [1.807, 2.05) is 0 Å². The summed E-state index contributed by atoms with van der Waals surface area (Å²) in [5.74, 6) is -0.735. The zero-order valence-corrected chi connectivity index (χ0v) is 20.7. The molecular weight excluding hydrogens is 535 g/mol. The number of carbonyl (C=O) groups is 1. The fraction of sp³-hybridized carbons (Fsp3) is 0.368. The summed E-state index contributed by atoms with van der Waals surface area (Å²) in [4.78, 5) is 16.8. The molecule has 1 aliphatic rings. The molecule has 2 aromatic heterocycles. The Labute approximate surface area is 205 Å². The van der Waals surface area contributed by atoms with E-state index in [9.17, 15) is 26.4 Å². The highest BCUT2D eigenvalue weighted by molar-refractivity contribution is 7.89. The van der Waals surface area contributed by atoms with Crippen molar-refractivity contribution in [2.75, 3.05) is 18.4 Å². The Morgan fingerprint density at radius 2 is 1.94 bits per heavy atom. The smallest absolute Gasteiger partial charge is 0.295 e. The Balaban J connectivity index is 1.38. The number of thiazole rings is 1. The summed E-state index contributed by atoms with van der Waals surface area (Å²) in [5.41, 5.74) is 0.836. The molecule has 1 aromatic carbocycles. The van der Waals surface area contributed by atoms with E-state index in [2.05, 4.69) is 20.5 Å². The number of aromatic nitrogens is 3. The second kappa shape index (κ2) is 9.49. The number of amides is 1. The number of nitrogens with zero attached hydrogens (tertiary/aromatic N) is 4. The first-order chi connectivity index (χ1) is 15.9. The van der Waals surface area contributed by atoms with Gasteiger partial charge in [0.1, 0.15) is 5.69 Å². The van der Waals surface area contributed by atoms with Crippen LogP contribution in [0, 0.1) is 6.92 Å². The lowest BCUT2D eigenvalue weighted by Gasteiger charge is -2.30. The van der Waals surface area contributed by atoms with Gasteiger partial charge >= 0.3 is 6.18 Å². The average molecular weight is 552 g/mol. The SMILES string of the molecule is Cc1ccc(S(=O)(=O)N2CCC(c3nc(C(=O)Nc4nnc(C(F)(F)F)s4)cs3)CC2)cc1Cl. The molecule has 0 radical (unpaired) electrons. The monoisotopic (exact) mass is 551 g/mol. The maximum absolute atomic E-state index is 12.9. The van der Waals surface area contributed by atoms with E-state index >= 15 is 0 Å². The van der Waals surface area contributed by atoms with E-state index in [1.54, 1.807) is 13.0 Å². The molecule has 0 aliphatic carbocycles. The first-order valence-electron chi connectivity index (χ1n) is 9.89. The van der Waals surface area contributed by atoms with Crippen LogP contribution < -0.4 is 5.32 Å². The van der Waals surface area contributed by atoms with Gasteiger partial charge in [0, 0.05) is 29.4 Å². The van der Waals surface area contributed by atoms with Crippen molar-refractivity contribution in [2.24, 2.45) is 0 Å². The normalized spacial score (nSPS) is 16.0. The van der Waals surface area contributed by atoms with Crippen LogP contribution in [0.4, 0.5) is 18.3 Å². The molecule has 1 aliphatic heterocycles. The number of anilines is 1. The number of piperidine rings is 1. The van der Waals surface area contributed by atoms with Crippen molar-refractivity contribution < 1.29 is 26.4 Å². The fourth-order valence-electron chi connectivity index (χ4n) is 3.36. The summed E-state index contributed by atoms with van der Waals surface area (Å²) >= 11 is 7.55. The molecule has 1 amide bonds. The molecule has 1 fully saturated rings. The topological polar surface area (TPSA) is 105 Å². The third kappa shape index (κ3) is 5.25. The Bertz CT molecular complexity index is 1320. The maximum atomic E-state index is 12.9. The van der Waals surface area contributed by atoms with Crippen LogP contribution in [0.5, 0.6) is 0 Å². The Morgan fingerprint density at radius 1 is 1.24 bits per heavy atom. The summed E-state index contributed by atoms with van der Waals surface area (Å²) in [7, 11) is -3.68. The number of sulfonamides is 1. The van der Waals surface area contributed by atoms with Crippen LogP contribution in [-0.2, 0) is 16.2 Å². The highest BCUT2D eigenvalue weighted by Gasteiger charge is 2.36. The lowest BCUT2D eigenvalue weighted by molar-refractivity contribution is -0.138. The first-order valence-corrected chi connectivity index (χ1v) is 13.4. The maximum Gasteiger partial charge on any atom is 0.445 e. The molecular formula is C19H17ClF3N5O3S3. The Morgan fingerprint density at radius 3 is 2.56 bits per heavy atom. The molecule has 8 nitrogen and oxygen atoms in total. The van der Waals surface area contributed by atoms with Crippen molar-refractivity contribution in [3.05, 3.63) is 49.9 Å². The third-order valence-corrected chi connectivity index (χ3v) is 9.42. The number of rotatable bonds is 5. The molecule has 0 unspecified atom stereocenters. The molecule has 1 saturated heterocycles. The predicted octanol–water partition coefficient (Wildman–Crippen LogP) is 4.80. The number of nitrogens with one attached hydrogen (secondary N) is 1. The average Bonchev–Trinajstić information content (AvgIpc) is 3.45. The van der Waals surface area contributed by atoms with Crippen molar-refractivity contribution in [2.45, 2.75) is 36.8 Å². The zero-order chi connectivity index (χ0) is 24.7. The molecule has 0 bridgehead atoms. The van der Waals surface area contributed by atoms with Crippen LogP contribution in [0.3, 0.4) is 0 Å². The van der Waals surface area contributed by atoms with Gasteiger partial charge < -0.3 is 0 Å². The Hall–Kier alpha value is -2.13. The van der Waals surface area contributed by atoms with Crippen LogP contribution in [0.25, 0.3) is 0 Å². The van der Waals surface area contributed by atoms with Gasteiger partial charge in [-0.15, -0.1) is 21.5 Å². The third-order valence-electron chi connectivity index (χ3n) is 5.23. The van der Waals surface area contributed by atoms with E-state index in [-0.39, 0.29) is 46.1 Å². The molecule has 0 spiro atoms. The number of benzene rings is 1. The second-order valence-electron chi connectivity index (χ2n) is 7.52. The van der Waals surface area contributed by atoms with Crippen molar-refractivity contribution in [1.29, 1.82) is 0 Å². The van der Waals surface area contributed by atoms with Crippen LogP contribution in [-0.4, -0.2) is 46.9 Å². The standard InChI is InChI=1S/C19H17ClF3N5O3S3/c1-10-2-3-12(8-13(10)20)34(30,31)28-6-4-11(5-7-28)16-24-14(9-32-16)15(29)25-18-27-26-17(33-18)19(21,22)23/h2-3,8-9,11H,4-7H2,1H3,(H,25,27,29). The fourth-order valence-corrected chi connectivity index (χ4v) is 6.67. The van der Waals surface area contributed by atoms with Gasteiger partial charge in [0.2, 0.25) is 20.2 Å². The van der Waals surface area contributed by atoms with Gasteiger partial charge in [-0.3, -0.25) is 10.1 Å². The number of alkyl halides is 3. The van der Waals surface area contributed by atoms with Crippen molar-refractivity contribution in [3.63, 3.8) is 0 Å². The van der Waals surface area contributed by atoms with E-state index < -0.39 is 27.1 Å². The molecule has 34 heavy (non-hydrogen) atoms. The largest absolute Gasteiger partial charge is 0.445 e. The van der Waals surface area contributed by atoms with E-state index in [0.717, 1.165) is 5.56 Å². The van der Waals surface area contributed by atoms with Gasteiger partial charge in [0.05, 0.1) is 9.90 Å². The lowest BCUT2D eigenvalue weighted by Crippen LogP contribution is -2.37. The van der Waals surface area contributed by atoms with Gasteiger partial charge in [0.15, 0.2) is 0 Å². The van der Waals surface area contributed by atoms with E-state index in [1.165, 1.54) is 33.2 Å². The van der Waals surface area contributed by atoms with Crippen LogP contribution in [0.1, 0.15) is 44.8 Å². The molecule has 182 valence electrons. The lowest BCUT2D eigenvalue weighted by atomic mass is 9.99. The van der Waals surface area contributed by atoms with Crippen LogP contribution in [0.2, 0.25) is 5.02 Å². The summed E-state index contributed by atoms with van der Waals surface area (Å²) in [6.45, 7) is 2.36. The van der Waals surface area contributed by atoms with Gasteiger partial charge in [-0.1, -0.05) is 29.0 Å². The van der Waals surface area contributed by atoms with Gasteiger partial charge in [-0.05, 0) is 37.5 Å². The number of halogens is 4. The summed E-state index contributed by atoms with van der Waals surface area (Å²) in [6.07, 6.45) is -3.61. The first kappa shape index (κ1) is 25.0. The van der Waals surface area contributed by atoms with Crippen molar-refractivity contribution in [1.82, 2.24) is 19.5 Å². The second-order valence-corrected chi connectivity index (χ2v) is 11.7. The quantitative estimate of drug-likeness (QED) is 0.488. The number of hydrogen-bond acceptors (Lipinski definition) is 8. The van der Waals surface area contributed by atoms with Gasteiger partial charge in [-0.25, -0.2) is 13.4 Å². The van der Waals surface area contributed by atoms with Crippen LogP contribution >= 0.6 is 34.3 Å². The van der Waals surface area contributed by atoms with Crippen molar-refractivity contribution in [3.8, 4) is 0 Å². The summed E-state index contributed by atoms with van der Waals surface area (Å²) in [6, 6.07) is 4.64. The predicted molar refractivity (Wildman–Crippen MR) is 122 cm³/mol. The van der Waals surface area contributed by atoms with E-state index in [4.69, 9.17) is 11.6 Å². The van der Waals surface area contributed by atoms with Gasteiger partial charge in [0.25, 0.3) is 5.91 Å².